The number of nitrogens with zero attached hydrogens (tertiary/aromatic N) is 1. The Hall–Kier alpha value is -2.14. The third kappa shape index (κ3) is 5.04. The van der Waals surface area contributed by atoms with Gasteiger partial charge in [0.15, 0.2) is 0 Å². The van der Waals surface area contributed by atoms with Gasteiger partial charge in [0.1, 0.15) is 5.75 Å². The lowest BCUT2D eigenvalue weighted by Crippen LogP contribution is -2.17. The van der Waals surface area contributed by atoms with Crippen LogP contribution in [0.4, 0.5) is 0 Å². The summed E-state index contributed by atoms with van der Waals surface area (Å²) in [6.45, 7) is 4.84. The van der Waals surface area contributed by atoms with E-state index in [1.807, 2.05) is 17.5 Å². The summed E-state index contributed by atoms with van der Waals surface area (Å²) in [5.41, 5.74) is 3.05. The Morgan fingerprint density at radius 1 is 1.33 bits per heavy atom. The van der Waals surface area contributed by atoms with Gasteiger partial charge in [-0.1, -0.05) is 19.9 Å². The number of benzene rings is 1. The molecule has 0 aliphatic heterocycles. The highest BCUT2D eigenvalue weighted by molar-refractivity contribution is 7.11. The van der Waals surface area contributed by atoms with Gasteiger partial charge in [-0.05, 0) is 41.6 Å². The normalized spacial score (nSPS) is 11.0. The van der Waals surface area contributed by atoms with Gasteiger partial charge in [0.25, 0.3) is 5.91 Å². The van der Waals surface area contributed by atoms with E-state index in [0.717, 1.165) is 10.6 Å². The highest BCUT2D eigenvalue weighted by Gasteiger charge is 2.04. The quantitative estimate of drug-likeness (QED) is 0.655. The van der Waals surface area contributed by atoms with Gasteiger partial charge in [-0.2, -0.15) is 5.10 Å². The van der Waals surface area contributed by atoms with Gasteiger partial charge >= 0.3 is 0 Å². The molecule has 0 saturated carbocycles. The van der Waals surface area contributed by atoms with Crippen LogP contribution in [-0.2, 0) is 0 Å². The molecule has 0 aliphatic carbocycles. The van der Waals surface area contributed by atoms with Crippen LogP contribution in [0.15, 0.2) is 46.9 Å². The molecule has 5 heteroatoms. The molecule has 4 nitrogen and oxygen atoms in total. The fourth-order valence-corrected chi connectivity index (χ4v) is 2.13. The molecular weight excluding hydrogens is 284 g/mol. The molecule has 1 N–H and O–H groups in total. The average Bonchev–Trinajstić information content (AvgIpc) is 2.99. The summed E-state index contributed by atoms with van der Waals surface area (Å²) in [5, 5.41) is 5.88. The molecule has 1 aromatic heterocycles. The van der Waals surface area contributed by atoms with Crippen molar-refractivity contribution in [2.45, 2.75) is 13.8 Å². The number of thiophene rings is 1. The van der Waals surface area contributed by atoms with Gasteiger partial charge in [-0.25, -0.2) is 5.43 Å². The van der Waals surface area contributed by atoms with Crippen molar-refractivity contribution in [3.63, 3.8) is 0 Å². The molecule has 1 heterocycles. The van der Waals surface area contributed by atoms with E-state index in [1.165, 1.54) is 0 Å². The molecule has 0 bridgehead atoms. The number of rotatable bonds is 6. The second kappa shape index (κ2) is 7.59. The lowest BCUT2D eigenvalue weighted by molar-refractivity contribution is 0.0955. The third-order valence-corrected chi connectivity index (χ3v) is 3.41. The predicted octanol–water partition coefficient (Wildman–Crippen LogP) is 3.55. The summed E-state index contributed by atoms with van der Waals surface area (Å²) >= 11 is 1.56. The van der Waals surface area contributed by atoms with Gasteiger partial charge < -0.3 is 4.74 Å². The average molecular weight is 302 g/mol. The van der Waals surface area contributed by atoms with Crippen molar-refractivity contribution in [3.05, 3.63) is 52.2 Å². The first-order valence-electron chi connectivity index (χ1n) is 6.75. The number of hydrazone groups is 1. The molecule has 21 heavy (non-hydrogen) atoms. The molecule has 110 valence electrons. The Balaban J connectivity index is 1.87. The Labute approximate surface area is 128 Å². The van der Waals surface area contributed by atoms with E-state index in [1.54, 1.807) is 41.8 Å². The fraction of sp³-hybridized carbons (Fsp3) is 0.250. The first-order chi connectivity index (χ1) is 10.1. The maximum absolute atomic E-state index is 11.9. The third-order valence-electron chi connectivity index (χ3n) is 2.60. The summed E-state index contributed by atoms with van der Waals surface area (Å²) in [4.78, 5) is 12.9. The van der Waals surface area contributed by atoms with E-state index >= 15 is 0 Å². The largest absolute Gasteiger partial charge is 0.493 e. The van der Waals surface area contributed by atoms with Crippen molar-refractivity contribution in [2.24, 2.45) is 11.0 Å². The summed E-state index contributed by atoms with van der Waals surface area (Å²) in [6.07, 6.45) is 1.63. The summed E-state index contributed by atoms with van der Waals surface area (Å²) in [5.74, 6) is 1.00. The van der Waals surface area contributed by atoms with Gasteiger partial charge in [-0.15, -0.1) is 11.3 Å². The number of amides is 1. The predicted molar refractivity (Wildman–Crippen MR) is 86.2 cm³/mol. The molecule has 1 aromatic carbocycles. The molecule has 0 spiro atoms. The van der Waals surface area contributed by atoms with Crippen molar-refractivity contribution in [1.29, 1.82) is 0 Å². The summed E-state index contributed by atoms with van der Waals surface area (Å²) < 4.78 is 5.57. The number of ether oxygens (including phenoxy) is 1. The SMILES string of the molecule is CC(C)COc1ccc(C(=O)N/N=C/c2cccs2)cc1. The second-order valence-electron chi connectivity index (χ2n) is 4.94. The summed E-state index contributed by atoms with van der Waals surface area (Å²) in [7, 11) is 0. The number of nitrogens with one attached hydrogen (secondary N) is 1. The first-order valence-corrected chi connectivity index (χ1v) is 7.63. The minimum atomic E-state index is -0.238. The topological polar surface area (TPSA) is 50.7 Å². The van der Waals surface area contributed by atoms with Crippen LogP contribution in [-0.4, -0.2) is 18.7 Å². The van der Waals surface area contributed by atoms with E-state index in [-0.39, 0.29) is 5.91 Å². The summed E-state index contributed by atoms with van der Waals surface area (Å²) in [6, 6.07) is 10.9. The lowest BCUT2D eigenvalue weighted by atomic mass is 10.2. The van der Waals surface area contributed by atoms with Crippen molar-refractivity contribution in [3.8, 4) is 5.75 Å². The van der Waals surface area contributed by atoms with E-state index in [9.17, 15) is 4.79 Å². The highest BCUT2D eigenvalue weighted by Crippen LogP contribution is 2.13. The number of hydrogen-bond acceptors (Lipinski definition) is 4. The minimum absolute atomic E-state index is 0.238. The Kier molecular flexibility index (Phi) is 5.51. The molecule has 2 rings (SSSR count). The molecular formula is C16H18N2O2S. The molecule has 0 atom stereocenters. The van der Waals surface area contributed by atoms with E-state index in [2.05, 4.69) is 24.4 Å². The molecule has 0 fully saturated rings. The lowest BCUT2D eigenvalue weighted by Gasteiger charge is -2.08. The van der Waals surface area contributed by atoms with E-state index < -0.39 is 0 Å². The van der Waals surface area contributed by atoms with Crippen molar-refractivity contribution < 1.29 is 9.53 Å². The van der Waals surface area contributed by atoms with Crippen LogP contribution in [0, 0.1) is 5.92 Å². The van der Waals surface area contributed by atoms with Gasteiger partial charge in [0, 0.05) is 10.4 Å². The highest BCUT2D eigenvalue weighted by atomic mass is 32.1. The van der Waals surface area contributed by atoms with Crippen molar-refractivity contribution >= 4 is 23.5 Å². The molecule has 0 unspecified atom stereocenters. The Morgan fingerprint density at radius 3 is 2.71 bits per heavy atom. The van der Waals surface area contributed by atoms with Crippen molar-refractivity contribution in [1.82, 2.24) is 5.43 Å². The Bertz CT molecular complexity index is 589. The van der Waals surface area contributed by atoms with Crippen LogP contribution < -0.4 is 10.2 Å². The van der Waals surface area contributed by atoms with Crippen LogP contribution in [0.25, 0.3) is 0 Å². The zero-order chi connectivity index (χ0) is 15.1. The van der Waals surface area contributed by atoms with Gasteiger partial charge in [0.2, 0.25) is 0 Å². The first kappa shape index (κ1) is 15.3. The maximum atomic E-state index is 11.9. The zero-order valence-electron chi connectivity index (χ0n) is 12.1. The van der Waals surface area contributed by atoms with Crippen LogP contribution >= 0.6 is 11.3 Å². The zero-order valence-corrected chi connectivity index (χ0v) is 12.9. The molecule has 0 radical (unpaired) electrons. The molecule has 0 saturated heterocycles. The van der Waals surface area contributed by atoms with E-state index in [0.29, 0.717) is 18.1 Å². The maximum Gasteiger partial charge on any atom is 0.271 e. The van der Waals surface area contributed by atoms with Gasteiger partial charge in [-0.3, -0.25) is 4.79 Å². The van der Waals surface area contributed by atoms with Gasteiger partial charge in [0.05, 0.1) is 12.8 Å². The number of carbonyl (C=O) groups excluding carboxylic acids is 1. The fourth-order valence-electron chi connectivity index (χ4n) is 1.55. The van der Waals surface area contributed by atoms with Crippen LogP contribution in [0.1, 0.15) is 29.1 Å². The molecule has 0 aliphatic rings. The molecule has 2 aromatic rings. The number of carbonyl (C=O) groups is 1. The minimum Gasteiger partial charge on any atom is -0.493 e. The smallest absolute Gasteiger partial charge is 0.271 e. The Morgan fingerprint density at radius 2 is 2.10 bits per heavy atom. The molecule has 1 amide bonds. The second-order valence-corrected chi connectivity index (χ2v) is 5.92. The number of hydrogen-bond donors (Lipinski definition) is 1. The van der Waals surface area contributed by atoms with E-state index in [4.69, 9.17) is 4.74 Å². The van der Waals surface area contributed by atoms with Crippen LogP contribution in [0.3, 0.4) is 0 Å². The standard InChI is InChI=1S/C16H18N2O2S/c1-12(2)11-20-14-7-5-13(6-8-14)16(19)18-17-10-15-4-3-9-21-15/h3-10,12H,11H2,1-2H3,(H,18,19)/b17-10+. The van der Waals surface area contributed by atoms with Crippen LogP contribution in [0.5, 0.6) is 5.75 Å². The van der Waals surface area contributed by atoms with Crippen molar-refractivity contribution in [2.75, 3.05) is 6.61 Å². The van der Waals surface area contributed by atoms with Crippen LogP contribution in [0.2, 0.25) is 0 Å². The monoisotopic (exact) mass is 302 g/mol.